The molecule has 0 aliphatic heterocycles. The van der Waals surface area contributed by atoms with Crippen LogP contribution in [0.2, 0.25) is 5.02 Å². The van der Waals surface area contributed by atoms with Gasteiger partial charge < -0.3 is 9.47 Å². The number of aromatic nitrogens is 1. The predicted octanol–water partition coefficient (Wildman–Crippen LogP) is 1.85. The highest BCUT2D eigenvalue weighted by atomic mass is 35.5. The van der Waals surface area contributed by atoms with E-state index in [9.17, 15) is 4.79 Å². The van der Waals surface area contributed by atoms with Gasteiger partial charge in [-0.3, -0.25) is 4.79 Å². The second-order valence-electron chi connectivity index (χ2n) is 2.76. The van der Waals surface area contributed by atoms with Crippen LogP contribution in [0.4, 0.5) is 0 Å². The van der Waals surface area contributed by atoms with Gasteiger partial charge in [-0.15, -0.1) is 0 Å². The van der Waals surface area contributed by atoms with Crippen molar-refractivity contribution < 1.29 is 14.3 Å². The topological polar surface area (TPSA) is 48.4 Å². The third kappa shape index (κ3) is 3.09. The van der Waals surface area contributed by atoms with Gasteiger partial charge in [0.25, 0.3) is 0 Å². The van der Waals surface area contributed by atoms with E-state index in [2.05, 4.69) is 4.98 Å². The number of pyridine rings is 1. The second-order valence-corrected chi connectivity index (χ2v) is 3.17. The maximum Gasteiger partial charge on any atom is 0.310 e. The molecule has 1 heterocycles. The number of rotatable bonds is 4. The van der Waals surface area contributed by atoms with Crippen molar-refractivity contribution >= 4 is 17.6 Å². The molecule has 4 nitrogen and oxygen atoms in total. The van der Waals surface area contributed by atoms with Crippen LogP contribution in [0.15, 0.2) is 12.3 Å². The molecule has 0 spiro atoms. The zero-order valence-electron chi connectivity index (χ0n) is 8.62. The van der Waals surface area contributed by atoms with Crippen molar-refractivity contribution in [1.29, 1.82) is 0 Å². The summed E-state index contributed by atoms with van der Waals surface area (Å²) in [6.45, 7) is 2.10. The lowest BCUT2D eigenvalue weighted by atomic mass is 10.2. The smallest absolute Gasteiger partial charge is 0.310 e. The molecular weight excluding hydrogens is 218 g/mol. The van der Waals surface area contributed by atoms with Crippen molar-refractivity contribution in [2.75, 3.05) is 13.7 Å². The summed E-state index contributed by atoms with van der Waals surface area (Å²) in [6.07, 6.45) is 1.60. The van der Waals surface area contributed by atoms with Crippen molar-refractivity contribution in [3.05, 3.63) is 22.8 Å². The first-order valence-corrected chi connectivity index (χ1v) is 4.89. The number of halogens is 1. The van der Waals surface area contributed by atoms with E-state index >= 15 is 0 Å². The predicted molar refractivity (Wildman–Crippen MR) is 56.1 cm³/mol. The summed E-state index contributed by atoms with van der Waals surface area (Å²) in [5.74, 6) is 0.0150. The van der Waals surface area contributed by atoms with Crippen molar-refractivity contribution in [3.63, 3.8) is 0 Å². The molecule has 1 aromatic rings. The lowest BCUT2D eigenvalue weighted by Crippen LogP contribution is -2.09. The van der Waals surface area contributed by atoms with Gasteiger partial charge in [-0.1, -0.05) is 11.6 Å². The summed E-state index contributed by atoms with van der Waals surface area (Å²) in [6, 6.07) is 1.61. The summed E-state index contributed by atoms with van der Waals surface area (Å²) in [5.41, 5.74) is 0.556. The molecule has 0 saturated carbocycles. The van der Waals surface area contributed by atoms with Crippen LogP contribution in [-0.4, -0.2) is 24.7 Å². The minimum atomic E-state index is -0.342. The van der Waals surface area contributed by atoms with Crippen molar-refractivity contribution in [2.45, 2.75) is 13.3 Å². The van der Waals surface area contributed by atoms with E-state index in [-0.39, 0.29) is 12.4 Å². The monoisotopic (exact) mass is 229 g/mol. The van der Waals surface area contributed by atoms with Crippen LogP contribution in [0, 0.1) is 0 Å². The van der Waals surface area contributed by atoms with Crippen LogP contribution in [0.5, 0.6) is 5.88 Å². The Morgan fingerprint density at radius 3 is 2.93 bits per heavy atom. The fourth-order valence-electron chi connectivity index (χ4n) is 1.14. The number of nitrogens with zero attached hydrogens (tertiary/aromatic N) is 1. The van der Waals surface area contributed by atoms with Crippen molar-refractivity contribution in [2.24, 2.45) is 0 Å². The van der Waals surface area contributed by atoms with Crippen LogP contribution in [0.1, 0.15) is 12.5 Å². The molecule has 0 saturated heterocycles. The fourth-order valence-corrected chi connectivity index (χ4v) is 1.35. The molecule has 0 aromatic carbocycles. The number of carbonyl (C=O) groups excluding carboxylic acids is 1. The third-order valence-corrected chi connectivity index (χ3v) is 2.13. The quantitative estimate of drug-likeness (QED) is 0.740. The number of ether oxygens (including phenoxy) is 2. The van der Waals surface area contributed by atoms with Crippen LogP contribution in [0.25, 0.3) is 0 Å². The highest BCUT2D eigenvalue weighted by Gasteiger charge is 2.13. The van der Waals surface area contributed by atoms with Gasteiger partial charge in [0, 0.05) is 11.8 Å². The number of methoxy groups -OCH3 is 1. The fraction of sp³-hybridized carbons (Fsp3) is 0.400. The van der Waals surface area contributed by atoms with E-state index in [1.165, 1.54) is 13.3 Å². The highest BCUT2D eigenvalue weighted by Crippen LogP contribution is 2.24. The van der Waals surface area contributed by atoms with Gasteiger partial charge in [0.05, 0.1) is 25.2 Å². The molecule has 15 heavy (non-hydrogen) atoms. The van der Waals surface area contributed by atoms with Gasteiger partial charge in [-0.05, 0) is 13.0 Å². The highest BCUT2D eigenvalue weighted by molar-refractivity contribution is 6.31. The maximum absolute atomic E-state index is 11.3. The van der Waals surface area contributed by atoms with Crippen LogP contribution in [-0.2, 0) is 16.0 Å². The molecule has 0 amide bonds. The number of esters is 1. The van der Waals surface area contributed by atoms with Crippen LogP contribution >= 0.6 is 11.6 Å². The SMILES string of the molecule is CCOC(=O)Cc1c(Cl)ccnc1OC. The zero-order chi connectivity index (χ0) is 11.3. The molecular formula is C10H12ClNO3. The van der Waals surface area contributed by atoms with Gasteiger partial charge in [0.1, 0.15) is 0 Å². The van der Waals surface area contributed by atoms with Crippen molar-refractivity contribution in [1.82, 2.24) is 4.98 Å². The molecule has 0 bridgehead atoms. The first kappa shape index (κ1) is 11.8. The minimum Gasteiger partial charge on any atom is -0.481 e. The molecule has 0 radical (unpaired) electrons. The van der Waals surface area contributed by atoms with E-state index in [0.717, 1.165) is 0 Å². The van der Waals surface area contributed by atoms with Crippen LogP contribution in [0.3, 0.4) is 0 Å². The normalized spacial score (nSPS) is 9.80. The summed E-state index contributed by atoms with van der Waals surface area (Å²) in [4.78, 5) is 15.2. The van der Waals surface area contributed by atoms with Gasteiger partial charge >= 0.3 is 5.97 Å². The molecule has 0 unspecified atom stereocenters. The Bertz CT molecular complexity index is 355. The first-order valence-electron chi connectivity index (χ1n) is 4.52. The van der Waals surface area contributed by atoms with Crippen LogP contribution < -0.4 is 4.74 Å². The third-order valence-electron chi connectivity index (χ3n) is 1.78. The molecule has 0 atom stereocenters. The van der Waals surface area contributed by atoms with Gasteiger partial charge in [-0.2, -0.15) is 0 Å². The van der Waals surface area contributed by atoms with E-state index in [0.29, 0.717) is 23.1 Å². The lowest BCUT2D eigenvalue weighted by molar-refractivity contribution is -0.142. The summed E-state index contributed by atoms with van der Waals surface area (Å²) < 4.78 is 9.82. The van der Waals surface area contributed by atoms with E-state index in [1.54, 1.807) is 13.0 Å². The minimum absolute atomic E-state index is 0.0731. The van der Waals surface area contributed by atoms with Gasteiger partial charge in [0.15, 0.2) is 0 Å². The number of hydrogen-bond donors (Lipinski definition) is 0. The molecule has 82 valence electrons. The Labute approximate surface area is 93.2 Å². The standard InChI is InChI=1S/C10H12ClNO3/c1-3-15-9(13)6-7-8(11)4-5-12-10(7)14-2/h4-5H,3,6H2,1-2H3. The lowest BCUT2D eigenvalue weighted by Gasteiger charge is -2.08. The zero-order valence-corrected chi connectivity index (χ0v) is 9.37. The molecule has 0 N–H and O–H groups in total. The summed E-state index contributed by atoms with van der Waals surface area (Å²) in [5, 5.41) is 0.454. The summed E-state index contributed by atoms with van der Waals surface area (Å²) in [7, 11) is 1.48. The molecule has 0 aliphatic carbocycles. The second kappa shape index (κ2) is 5.56. The molecule has 0 fully saturated rings. The largest absolute Gasteiger partial charge is 0.481 e. The van der Waals surface area contributed by atoms with E-state index < -0.39 is 0 Å². The van der Waals surface area contributed by atoms with E-state index in [1.807, 2.05) is 0 Å². The van der Waals surface area contributed by atoms with E-state index in [4.69, 9.17) is 21.1 Å². The Kier molecular flexibility index (Phi) is 4.37. The van der Waals surface area contributed by atoms with Gasteiger partial charge in [-0.25, -0.2) is 4.98 Å². The molecule has 5 heteroatoms. The maximum atomic E-state index is 11.3. The Balaban J connectivity index is 2.87. The Morgan fingerprint density at radius 2 is 2.33 bits per heavy atom. The first-order chi connectivity index (χ1) is 7.19. The molecule has 1 aromatic heterocycles. The Hall–Kier alpha value is -1.29. The van der Waals surface area contributed by atoms with Gasteiger partial charge in [0.2, 0.25) is 5.88 Å². The average molecular weight is 230 g/mol. The molecule has 0 aliphatic rings. The average Bonchev–Trinajstić information content (AvgIpc) is 2.21. The molecule has 1 rings (SSSR count). The summed E-state index contributed by atoms with van der Waals surface area (Å²) >= 11 is 5.92. The van der Waals surface area contributed by atoms with Crippen molar-refractivity contribution in [3.8, 4) is 5.88 Å². The number of hydrogen-bond acceptors (Lipinski definition) is 4. The Morgan fingerprint density at radius 1 is 1.60 bits per heavy atom. The number of carbonyl (C=O) groups is 1.